The van der Waals surface area contributed by atoms with Gasteiger partial charge in [0.2, 0.25) is 0 Å². The van der Waals surface area contributed by atoms with Crippen molar-refractivity contribution < 1.29 is 46.1 Å². The number of sulfone groups is 1. The Morgan fingerprint density at radius 3 is 2.10 bits per heavy atom. The Kier molecular flexibility index (Phi) is 19.6. The van der Waals surface area contributed by atoms with Crippen molar-refractivity contribution in [1.82, 2.24) is 0 Å². The van der Waals surface area contributed by atoms with E-state index in [2.05, 4.69) is 102 Å². The second-order valence-corrected chi connectivity index (χ2v) is 33.8. The third-order valence-corrected chi connectivity index (χ3v) is 26.0. The number of rotatable bonds is 24. The summed E-state index contributed by atoms with van der Waals surface area (Å²) < 4.78 is 73.2. The number of benzene rings is 1. The first-order valence-electron chi connectivity index (χ1n) is 23.9. The summed E-state index contributed by atoms with van der Waals surface area (Å²) in [6.45, 7) is 39.3. The Morgan fingerprint density at radius 2 is 1.52 bits per heavy atom. The van der Waals surface area contributed by atoms with E-state index in [1.807, 2.05) is 12.1 Å². The van der Waals surface area contributed by atoms with E-state index in [9.17, 15) is 13.5 Å². The molecule has 0 aliphatic carbocycles. The van der Waals surface area contributed by atoms with E-state index in [1.54, 1.807) is 19.2 Å². The number of ether oxygens (including phenoxy) is 5. The van der Waals surface area contributed by atoms with E-state index < -0.39 is 56.8 Å². The molecule has 1 N–H and O–H groups in total. The number of aryl methyl sites for hydroxylation is 1. The lowest BCUT2D eigenvalue weighted by Gasteiger charge is -2.42. The van der Waals surface area contributed by atoms with Crippen molar-refractivity contribution >= 4 is 26.5 Å². The molecule has 4 rings (SSSR count). The van der Waals surface area contributed by atoms with Crippen molar-refractivity contribution in [3.8, 4) is 0 Å². The van der Waals surface area contributed by atoms with Gasteiger partial charge in [-0.15, -0.1) is 0 Å². The van der Waals surface area contributed by atoms with E-state index >= 15 is 0 Å². The summed E-state index contributed by atoms with van der Waals surface area (Å²) in [5.74, 6) is -0.307. The molecule has 362 valence electrons. The molecule has 0 bridgehead atoms. The number of hydrogen-bond donors (Lipinski definition) is 1. The molecule has 13 heteroatoms. The predicted molar refractivity (Wildman–Crippen MR) is 260 cm³/mol. The van der Waals surface area contributed by atoms with Crippen molar-refractivity contribution in [2.75, 3.05) is 32.7 Å². The highest BCUT2D eigenvalue weighted by molar-refractivity contribution is 7.91. The predicted octanol–water partition coefficient (Wildman–Crippen LogP) is 10.8. The molecule has 0 unspecified atom stereocenters. The zero-order valence-corrected chi connectivity index (χ0v) is 44.6. The lowest BCUT2D eigenvalue weighted by atomic mass is 9.84. The first kappa shape index (κ1) is 54.4. The molecule has 0 amide bonds. The van der Waals surface area contributed by atoms with Crippen LogP contribution >= 0.6 is 0 Å². The number of hydrogen-bond acceptors (Lipinski definition) is 10. The van der Waals surface area contributed by atoms with Crippen molar-refractivity contribution in [2.45, 2.75) is 210 Å². The lowest BCUT2D eigenvalue weighted by Crippen LogP contribution is -2.49. The number of aliphatic hydroxyl groups excluding tert-OH is 1. The quantitative estimate of drug-likeness (QED) is 0.0793. The summed E-state index contributed by atoms with van der Waals surface area (Å²) in [6.07, 6.45) is 4.14. The van der Waals surface area contributed by atoms with Gasteiger partial charge >= 0.3 is 0 Å². The smallest absolute Gasteiger partial charge is 0.192 e. The Bertz CT molecular complexity index is 1710. The van der Waals surface area contributed by atoms with Crippen molar-refractivity contribution in [2.24, 2.45) is 17.8 Å². The van der Waals surface area contributed by atoms with Gasteiger partial charge < -0.3 is 37.6 Å². The molecule has 10 atom stereocenters. The summed E-state index contributed by atoms with van der Waals surface area (Å²) in [5, 5.41) is 11.9. The minimum absolute atomic E-state index is 0.0186. The molecular formula is C50H88O10SSi2. The Labute approximate surface area is 385 Å². The Morgan fingerprint density at radius 1 is 0.905 bits per heavy atom. The largest absolute Gasteiger partial charge is 0.414 e. The SMILES string of the molecule is C=C([C@H](C)C[C@@H](C)CC[C@@H]1O[C@@H](CCC2OCCO2)CC1=C)[C@H](O)C[C@@H]1O[C@H](C[C@@H](CO[Si](C)(C)C(C)(C)C)O[Si](C)(C)C(C)(C)C)[C@H](OC)[C@H]1CS(=O)(=O)c1ccc(CC)cc1. The fraction of sp³-hybridized carbons (Fsp3) is 0.800. The van der Waals surface area contributed by atoms with E-state index in [4.69, 9.17) is 32.5 Å². The summed E-state index contributed by atoms with van der Waals surface area (Å²) >= 11 is 0. The minimum Gasteiger partial charge on any atom is -0.414 e. The first-order chi connectivity index (χ1) is 29.2. The van der Waals surface area contributed by atoms with Gasteiger partial charge in [-0.1, -0.05) is 87.6 Å². The van der Waals surface area contributed by atoms with Crippen LogP contribution in [0.4, 0.5) is 0 Å². The topological polar surface area (TPSA) is 119 Å². The van der Waals surface area contributed by atoms with Gasteiger partial charge in [-0.2, -0.15) is 0 Å². The van der Waals surface area contributed by atoms with Crippen molar-refractivity contribution in [3.63, 3.8) is 0 Å². The van der Waals surface area contributed by atoms with Gasteiger partial charge in [-0.25, -0.2) is 8.42 Å². The zero-order chi connectivity index (χ0) is 47.1. The van der Waals surface area contributed by atoms with Crippen LogP contribution in [-0.2, 0) is 48.8 Å². The molecule has 3 aliphatic heterocycles. The van der Waals surface area contributed by atoms with E-state index in [1.165, 1.54) is 0 Å². The number of aliphatic hydroxyl groups is 1. The average molecular weight is 937 g/mol. The van der Waals surface area contributed by atoms with Crippen LogP contribution in [0.1, 0.15) is 119 Å². The van der Waals surface area contributed by atoms with Crippen LogP contribution in [0.5, 0.6) is 0 Å². The maximum Gasteiger partial charge on any atom is 0.192 e. The standard InChI is InChI=1S/C50H88O10SSi2/c1-17-38-19-22-41(23-20-38)61(52,53)33-42-45(59-46(48(42)54-12)30-40(60-63(15,16)50(9,10)11)32-57-62(13,14)49(6,7)8)31-43(51)37(5)35(3)28-34(2)18-24-44-36(4)29-39(58-44)21-25-47-55-26-27-56-47/h19-20,22-23,34-35,39-40,42-48,51H,4-5,17-18,21,24-33H2,1-3,6-16H3/t34-,35+,39-,40-,42-,43+,44-,45-,46+,48+/m0/s1. The fourth-order valence-corrected chi connectivity index (χ4v) is 12.8. The molecular weight excluding hydrogens is 849 g/mol. The van der Waals surface area contributed by atoms with Crippen LogP contribution in [0.2, 0.25) is 36.3 Å². The maximum absolute atomic E-state index is 14.2. The van der Waals surface area contributed by atoms with Gasteiger partial charge in [0.1, 0.15) is 0 Å². The monoisotopic (exact) mass is 937 g/mol. The Hall–Kier alpha value is -1.24. The molecule has 3 heterocycles. The second-order valence-electron chi connectivity index (χ2n) is 22.2. The number of methoxy groups -OCH3 is 1. The molecule has 3 saturated heterocycles. The van der Waals surface area contributed by atoms with Gasteiger partial charge in [0.25, 0.3) is 0 Å². The molecule has 1 aromatic carbocycles. The minimum atomic E-state index is -3.74. The maximum atomic E-state index is 14.2. The fourth-order valence-electron chi connectivity index (χ4n) is 8.79. The highest BCUT2D eigenvalue weighted by Gasteiger charge is 2.50. The average Bonchev–Trinajstić information content (AvgIpc) is 3.92. The van der Waals surface area contributed by atoms with Crippen molar-refractivity contribution in [1.29, 1.82) is 0 Å². The molecule has 1 aromatic rings. The van der Waals surface area contributed by atoms with Crippen LogP contribution < -0.4 is 0 Å². The molecule has 0 aromatic heterocycles. The third-order valence-electron chi connectivity index (χ3n) is 15.1. The van der Waals surface area contributed by atoms with E-state index in [0.717, 1.165) is 61.7 Å². The molecule has 3 fully saturated rings. The van der Waals surface area contributed by atoms with Gasteiger partial charge in [0.05, 0.1) is 73.2 Å². The van der Waals surface area contributed by atoms with Crippen LogP contribution in [0, 0.1) is 17.8 Å². The lowest BCUT2D eigenvalue weighted by molar-refractivity contribution is -0.0587. The third kappa shape index (κ3) is 15.1. The van der Waals surface area contributed by atoms with Gasteiger partial charge in [-0.3, -0.25) is 0 Å². The van der Waals surface area contributed by atoms with Crippen molar-refractivity contribution in [3.05, 3.63) is 54.1 Å². The summed E-state index contributed by atoms with van der Waals surface area (Å²) in [7, 11) is -6.50. The molecule has 3 aliphatic rings. The molecule has 0 saturated carbocycles. The van der Waals surface area contributed by atoms with E-state index in [-0.39, 0.29) is 57.7 Å². The highest BCUT2D eigenvalue weighted by Crippen LogP contribution is 2.43. The van der Waals surface area contributed by atoms with Crippen LogP contribution in [0.15, 0.2) is 53.5 Å². The molecule has 63 heavy (non-hydrogen) atoms. The van der Waals surface area contributed by atoms with Gasteiger partial charge in [0.15, 0.2) is 32.8 Å². The molecule has 10 nitrogen and oxygen atoms in total. The van der Waals surface area contributed by atoms with E-state index in [0.29, 0.717) is 32.2 Å². The zero-order valence-electron chi connectivity index (χ0n) is 41.8. The highest BCUT2D eigenvalue weighted by atomic mass is 32.2. The summed E-state index contributed by atoms with van der Waals surface area (Å²) in [6, 6.07) is 7.16. The van der Waals surface area contributed by atoms with Gasteiger partial charge in [-0.05, 0) is 115 Å². The molecule has 0 spiro atoms. The van der Waals surface area contributed by atoms with Crippen LogP contribution in [0.25, 0.3) is 0 Å². The summed E-state index contributed by atoms with van der Waals surface area (Å²) in [5.41, 5.74) is 2.97. The van der Waals surface area contributed by atoms with Crippen LogP contribution in [0.3, 0.4) is 0 Å². The first-order valence-corrected chi connectivity index (χ1v) is 31.4. The normalized spacial score (nSPS) is 26.3. The second kappa shape index (κ2) is 22.7. The Balaban J connectivity index is 1.49. The van der Waals surface area contributed by atoms with Gasteiger partial charge in [0, 0.05) is 32.3 Å². The molecule has 0 radical (unpaired) electrons. The van der Waals surface area contributed by atoms with Crippen LogP contribution in [-0.4, -0.2) is 112 Å². The summed E-state index contributed by atoms with van der Waals surface area (Å²) in [4.78, 5) is 0.279.